The molecule has 230 valence electrons. The van der Waals surface area contributed by atoms with Gasteiger partial charge in [0.2, 0.25) is 11.8 Å². The molecule has 8 nitrogen and oxygen atoms in total. The molecule has 0 bridgehead atoms. The van der Waals surface area contributed by atoms with Gasteiger partial charge in [-0.25, -0.2) is 13.6 Å². The molecule has 2 heterocycles. The molecule has 1 aliphatic rings. The number of carbonyl (C=O) groups is 3. The van der Waals surface area contributed by atoms with Crippen LogP contribution in [0.1, 0.15) is 43.5 Å². The van der Waals surface area contributed by atoms with Crippen molar-refractivity contribution in [1.82, 2.24) is 4.98 Å². The molecule has 3 N–H and O–H groups in total. The fourth-order valence-corrected chi connectivity index (χ4v) is 5.48. The third-order valence-corrected chi connectivity index (χ3v) is 8.11. The van der Waals surface area contributed by atoms with Gasteiger partial charge in [0.1, 0.15) is 17.0 Å². The molecule has 45 heavy (non-hydrogen) atoms. The quantitative estimate of drug-likeness (QED) is 0.148. The minimum Gasteiger partial charge on any atom is -0.478 e. The van der Waals surface area contributed by atoms with Crippen molar-refractivity contribution < 1.29 is 33.0 Å². The van der Waals surface area contributed by atoms with Gasteiger partial charge < -0.3 is 20.5 Å². The highest BCUT2D eigenvalue weighted by Gasteiger charge is 2.56. The van der Waals surface area contributed by atoms with Crippen molar-refractivity contribution >= 4 is 50.7 Å². The summed E-state index contributed by atoms with van der Waals surface area (Å²) in [6, 6.07) is 19.1. The number of carbonyl (C=O) groups excluding carboxylic acids is 2. The van der Waals surface area contributed by atoms with Crippen LogP contribution in [0.3, 0.4) is 0 Å². The van der Waals surface area contributed by atoms with Crippen LogP contribution in [0.5, 0.6) is 11.5 Å². The fraction of sp³-hybridized carbons (Fsp3) is 0.176. The first kappa shape index (κ1) is 31.3. The average Bonchev–Trinajstić information content (AvgIpc) is 3.73. The first-order valence-electron chi connectivity index (χ1n) is 14.2. The number of pyridine rings is 1. The number of anilines is 2. The van der Waals surface area contributed by atoms with Crippen LogP contribution < -0.4 is 15.4 Å². The largest absolute Gasteiger partial charge is 0.478 e. The van der Waals surface area contributed by atoms with Crippen LogP contribution in [0.4, 0.5) is 20.2 Å². The van der Waals surface area contributed by atoms with E-state index in [0.717, 1.165) is 16.5 Å². The Kier molecular flexibility index (Phi) is 9.19. The van der Waals surface area contributed by atoms with Crippen LogP contribution in [-0.2, 0) is 9.59 Å². The minimum atomic E-state index is -1.28. The van der Waals surface area contributed by atoms with E-state index in [2.05, 4.69) is 29.5 Å². The Labute approximate surface area is 261 Å². The summed E-state index contributed by atoms with van der Waals surface area (Å²) in [5, 5.41) is 14.4. The standard InChI is InChI=1S/C31H21F2N3O5S.C3H8/c32-19-5-7-20(8-6-19)35-29(39)31(12-13-31)30(40)36-21-9-10-24(22(33)15-21)41-25-11-14-34-23-16-26(42-27(23)25)17-1-3-18(4-2-17)28(37)38;1-3-2/h1-11,14-16H,12-13H2,(H,35,39)(H,36,40)(H,37,38);3H2,1-2H3. The summed E-state index contributed by atoms with van der Waals surface area (Å²) in [5.41, 5.74) is 0.861. The number of fused-ring (bicyclic) bond motifs is 1. The summed E-state index contributed by atoms with van der Waals surface area (Å²) >= 11 is 1.37. The number of nitrogens with zero attached hydrogens (tertiary/aromatic N) is 1. The van der Waals surface area contributed by atoms with Gasteiger partial charge in [0.15, 0.2) is 11.6 Å². The number of hydrogen-bond acceptors (Lipinski definition) is 6. The van der Waals surface area contributed by atoms with Crippen LogP contribution in [0.2, 0.25) is 0 Å². The van der Waals surface area contributed by atoms with Crippen molar-refractivity contribution in [1.29, 1.82) is 0 Å². The third kappa shape index (κ3) is 6.99. The highest BCUT2D eigenvalue weighted by Crippen LogP contribution is 2.48. The van der Waals surface area contributed by atoms with E-state index in [0.29, 0.717) is 34.5 Å². The van der Waals surface area contributed by atoms with Gasteiger partial charge in [-0.1, -0.05) is 32.4 Å². The first-order valence-corrected chi connectivity index (χ1v) is 15.0. The van der Waals surface area contributed by atoms with E-state index >= 15 is 4.39 Å². The second kappa shape index (κ2) is 13.2. The van der Waals surface area contributed by atoms with Gasteiger partial charge in [-0.15, -0.1) is 11.3 Å². The van der Waals surface area contributed by atoms with Crippen LogP contribution >= 0.6 is 11.3 Å². The van der Waals surface area contributed by atoms with Crippen molar-refractivity contribution in [3.63, 3.8) is 0 Å². The molecule has 0 saturated heterocycles. The number of amides is 2. The molecule has 5 aromatic rings. The number of carboxylic acids is 1. The number of rotatable bonds is 8. The van der Waals surface area contributed by atoms with Gasteiger partial charge in [0, 0.05) is 34.6 Å². The molecular weight excluding hydrogens is 600 g/mol. The molecule has 1 fully saturated rings. The van der Waals surface area contributed by atoms with E-state index in [9.17, 15) is 18.8 Å². The van der Waals surface area contributed by atoms with E-state index in [1.54, 1.807) is 24.4 Å². The molecule has 6 rings (SSSR count). The van der Waals surface area contributed by atoms with Crippen molar-refractivity contribution in [3.8, 4) is 21.9 Å². The lowest BCUT2D eigenvalue weighted by molar-refractivity contribution is -0.131. The zero-order valence-corrected chi connectivity index (χ0v) is 25.2. The number of nitrogens with one attached hydrogen (secondary N) is 2. The van der Waals surface area contributed by atoms with Crippen molar-refractivity contribution in [2.45, 2.75) is 33.1 Å². The van der Waals surface area contributed by atoms with Gasteiger partial charge in [-0.2, -0.15) is 0 Å². The summed E-state index contributed by atoms with van der Waals surface area (Å²) in [5.74, 6) is -2.95. The lowest BCUT2D eigenvalue weighted by Gasteiger charge is -2.16. The minimum absolute atomic E-state index is 0.0727. The summed E-state index contributed by atoms with van der Waals surface area (Å²) in [4.78, 5) is 42.1. The number of benzene rings is 3. The Balaban J connectivity index is 0.00000128. The predicted octanol–water partition coefficient (Wildman–Crippen LogP) is 8.51. The second-order valence-electron chi connectivity index (χ2n) is 10.5. The molecule has 2 amide bonds. The number of ether oxygens (including phenoxy) is 1. The van der Waals surface area contributed by atoms with Crippen LogP contribution in [0.15, 0.2) is 85.1 Å². The zero-order valence-electron chi connectivity index (χ0n) is 24.4. The number of thiophene rings is 1. The maximum Gasteiger partial charge on any atom is 0.335 e. The van der Waals surface area contributed by atoms with E-state index in [4.69, 9.17) is 9.84 Å². The molecular formula is C34H29F2N3O5S. The SMILES string of the molecule is CCC.O=C(O)c1ccc(-c2cc3nccc(Oc4ccc(NC(=O)C5(C(=O)Nc6ccc(F)cc6)CC5)cc4F)c3s2)cc1. The number of halogens is 2. The lowest BCUT2D eigenvalue weighted by atomic mass is 10.0. The number of aromatic nitrogens is 1. The Morgan fingerprint density at radius 1 is 0.867 bits per heavy atom. The van der Waals surface area contributed by atoms with E-state index in [-0.39, 0.29) is 17.0 Å². The van der Waals surface area contributed by atoms with Gasteiger partial charge in [-0.3, -0.25) is 14.6 Å². The summed E-state index contributed by atoms with van der Waals surface area (Å²) in [6.45, 7) is 4.25. The number of hydrogen-bond donors (Lipinski definition) is 3. The molecule has 0 spiro atoms. The summed E-state index contributed by atoms with van der Waals surface area (Å²) in [6.07, 6.45) is 3.46. The lowest BCUT2D eigenvalue weighted by Crippen LogP contribution is -2.35. The summed E-state index contributed by atoms with van der Waals surface area (Å²) in [7, 11) is 0. The Hall–Kier alpha value is -5.16. The highest BCUT2D eigenvalue weighted by molar-refractivity contribution is 7.22. The molecule has 0 aliphatic heterocycles. The normalized spacial score (nSPS) is 12.9. The van der Waals surface area contributed by atoms with Crippen LogP contribution in [0, 0.1) is 17.0 Å². The van der Waals surface area contributed by atoms with Crippen molar-refractivity contribution in [2.24, 2.45) is 5.41 Å². The Morgan fingerprint density at radius 3 is 2.09 bits per heavy atom. The Morgan fingerprint density at radius 2 is 1.49 bits per heavy atom. The smallest absolute Gasteiger partial charge is 0.335 e. The molecule has 11 heteroatoms. The number of carboxylic acid groups (broad SMARTS) is 1. The zero-order chi connectivity index (χ0) is 32.1. The van der Waals surface area contributed by atoms with Gasteiger partial charge in [0.05, 0.1) is 15.8 Å². The maximum absolute atomic E-state index is 15.1. The molecule has 1 aliphatic carbocycles. The maximum atomic E-state index is 15.1. The third-order valence-electron chi connectivity index (χ3n) is 6.92. The van der Waals surface area contributed by atoms with Gasteiger partial charge >= 0.3 is 5.97 Å². The van der Waals surface area contributed by atoms with E-state index in [1.165, 1.54) is 66.3 Å². The molecule has 0 unspecified atom stereocenters. The van der Waals surface area contributed by atoms with Crippen LogP contribution in [-0.4, -0.2) is 27.9 Å². The molecule has 2 aromatic heterocycles. The monoisotopic (exact) mass is 629 g/mol. The number of aromatic carboxylic acids is 1. The second-order valence-corrected chi connectivity index (χ2v) is 11.5. The van der Waals surface area contributed by atoms with Gasteiger partial charge in [-0.05, 0) is 73.0 Å². The predicted molar refractivity (Wildman–Crippen MR) is 170 cm³/mol. The topological polar surface area (TPSA) is 118 Å². The molecule has 0 atom stereocenters. The van der Waals surface area contributed by atoms with Crippen molar-refractivity contribution in [2.75, 3.05) is 10.6 Å². The summed E-state index contributed by atoms with van der Waals surface area (Å²) < 4.78 is 34.8. The van der Waals surface area contributed by atoms with Crippen LogP contribution in [0.25, 0.3) is 20.7 Å². The highest BCUT2D eigenvalue weighted by atomic mass is 32.1. The fourth-order valence-electron chi connectivity index (χ4n) is 4.41. The molecule has 1 saturated carbocycles. The molecule has 0 radical (unpaired) electrons. The first-order chi connectivity index (χ1) is 21.6. The van der Waals surface area contributed by atoms with E-state index in [1.807, 2.05) is 6.07 Å². The van der Waals surface area contributed by atoms with E-state index < -0.39 is 34.8 Å². The van der Waals surface area contributed by atoms with Crippen molar-refractivity contribution in [3.05, 3.63) is 102 Å². The average molecular weight is 630 g/mol. The Bertz CT molecular complexity index is 1870. The van der Waals surface area contributed by atoms with Gasteiger partial charge in [0.25, 0.3) is 0 Å². The molecule has 3 aromatic carbocycles.